The summed E-state index contributed by atoms with van der Waals surface area (Å²) < 4.78 is 58.5. The number of allylic oxidation sites excluding steroid dienone is 1. The first-order valence-electron chi connectivity index (χ1n) is 14.4. The van der Waals surface area contributed by atoms with E-state index >= 15 is 8.78 Å². The number of carbonyl (C=O) groups is 1. The van der Waals surface area contributed by atoms with Crippen molar-refractivity contribution in [2.24, 2.45) is 0 Å². The molecule has 2 aromatic carbocycles. The summed E-state index contributed by atoms with van der Waals surface area (Å²) in [6.45, 7) is 4.65. The maximum atomic E-state index is 15.2. The highest BCUT2D eigenvalue weighted by atomic mass is 19.1. The van der Waals surface area contributed by atoms with Crippen LogP contribution in [0.15, 0.2) is 54.9 Å². The van der Waals surface area contributed by atoms with E-state index in [2.05, 4.69) is 15.2 Å². The van der Waals surface area contributed by atoms with Crippen LogP contribution in [-0.2, 0) is 4.74 Å². The molecule has 12 heteroatoms. The van der Waals surface area contributed by atoms with Gasteiger partial charge in [-0.05, 0) is 49.6 Å². The minimum absolute atomic E-state index is 0.00368. The first kappa shape index (κ1) is 30.9. The average Bonchev–Trinajstić information content (AvgIpc) is 3.85. The number of nitrogens with zero attached hydrogens (tertiary/aromatic N) is 2. The third-order valence-electron chi connectivity index (χ3n) is 6.97. The van der Waals surface area contributed by atoms with Gasteiger partial charge in [0.25, 0.3) is 5.91 Å². The number of hydrogen-bond acceptors (Lipinski definition) is 9. The predicted octanol–water partition coefficient (Wildman–Crippen LogP) is 5.33. The monoisotopic (exact) mass is 608 g/mol. The van der Waals surface area contributed by atoms with Crippen molar-refractivity contribution in [2.45, 2.75) is 25.4 Å². The molecule has 2 fully saturated rings. The van der Waals surface area contributed by atoms with Gasteiger partial charge in [-0.15, -0.1) is 0 Å². The van der Waals surface area contributed by atoms with Crippen LogP contribution in [0.1, 0.15) is 35.2 Å². The van der Waals surface area contributed by atoms with Crippen LogP contribution in [0, 0.1) is 17.0 Å². The first-order chi connectivity index (χ1) is 21.4. The van der Waals surface area contributed by atoms with Crippen molar-refractivity contribution in [3.8, 4) is 23.0 Å². The van der Waals surface area contributed by atoms with Crippen LogP contribution < -0.4 is 24.3 Å². The molecular formula is C32H34F2N4O6. The molecule has 0 atom stereocenters. The molecule has 10 nitrogen and oxygen atoms in total. The van der Waals surface area contributed by atoms with Crippen LogP contribution >= 0.6 is 0 Å². The zero-order valence-corrected chi connectivity index (χ0v) is 24.3. The summed E-state index contributed by atoms with van der Waals surface area (Å²) in [5.74, 6) is -2.17. The van der Waals surface area contributed by atoms with Crippen LogP contribution in [0.4, 0.5) is 14.5 Å². The zero-order chi connectivity index (χ0) is 30.9. The number of morpholine rings is 1. The molecular weight excluding hydrogens is 574 g/mol. The predicted molar refractivity (Wildman–Crippen MR) is 160 cm³/mol. The second kappa shape index (κ2) is 14.8. The topological polar surface area (TPSA) is 115 Å². The summed E-state index contributed by atoms with van der Waals surface area (Å²) in [7, 11) is 1.49. The minimum atomic E-state index is -1.05. The van der Waals surface area contributed by atoms with Crippen molar-refractivity contribution >= 4 is 23.6 Å². The van der Waals surface area contributed by atoms with Gasteiger partial charge in [-0.1, -0.05) is 0 Å². The van der Waals surface area contributed by atoms with Crippen molar-refractivity contribution in [1.29, 1.82) is 5.41 Å². The molecule has 0 radical (unpaired) electrons. The van der Waals surface area contributed by atoms with Gasteiger partial charge in [0.15, 0.2) is 28.9 Å². The highest BCUT2D eigenvalue weighted by molar-refractivity contribution is 6.06. The van der Waals surface area contributed by atoms with Gasteiger partial charge in [0, 0.05) is 61.6 Å². The molecule has 0 unspecified atom stereocenters. The summed E-state index contributed by atoms with van der Waals surface area (Å²) in [6.07, 6.45) is 7.71. The van der Waals surface area contributed by atoms with Crippen molar-refractivity contribution < 1.29 is 37.3 Å². The third kappa shape index (κ3) is 8.08. The van der Waals surface area contributed by atoms with Crippen molar-refractivity contribution in [1.82, 2.24) is 9.88 Å². The molecule has 3 aromatic rings. The van der Waals surface area contributed by atoms with Crippen LogP contribution in [0.25, 0.3) is 5.76 Å². The quantitative estimate of drug-likeness (QED) is 0.143. The summed E-state index contributed by atoms with van der Waals surface area (Å²) in [5, 5.41) is 10.0. The Morgan fingerprint density at radius 1 is 1.11 bits per heavy atom. The second-order valence-electron chi connectivity index (χ2n) is 10.2. The summed E-state index contributed by atoms with van der Waals surface area (Å²) >= 11 is 0. The Labute approximate surface area is 254 Å². The number of halogens is 2. The molecule has 1 aliphatic heterocycles. The Hall–Kier alpha value is -4.55. The van der Waals surface area contributed by atoms with E-state index in [1.165, 1.54) is 25.6 Å². The number of nitrogens with one attached hydrogen (secondary N) is 2. The number of benzene rings is 2. The van der Waals surface area contributed by atoms with Crippen LogP contribution in [0.5, 0.6) is 23.0 Å². The number of aromatic nitrogens is 1. The van der Waals surface area contributed by atoms with Gasteiger partial charge >= 0.3 is 0 Å². The maximum Gasteiger partial charge on any atom is 0.261 e. The Morgan fingerprint density at radius 2 is 1.89 bits per heavy atom. The second-order valence-corrected chi connectivity index (χ2v) is 10.2. The molecule has 0 bridgehead atoms. The Bertz CT molecular complexity index is 1480. The highest BCUT2D eigenvalue weighted by Gasteiger charge is 2.26. The van der Waals surface area contributed by atoms with Crippen LogP contribution in [0.2, 0.25) is 0 Å². The van der Waals surface area contributed by atoms with E-state index in [0.717, 1.165) is 70.5 Å². The van der Waals surface area contributed by atoms with Crippen molar-refractivity contribution in [2.75, 3.05) is 51.9 Å². The van der Waals surface area contributed by atoms with E-state index < -0.39 is 23.3 Å². The van der Waals surface area contributed by atoms with Gasteiger partial charge in [-0.25, -0.2) is 8.78 Å². The number of methoxy groups -OCH3 is 1. The third-order valence-corrected chi connectivity index (χ3v) is 6.97. The van der Waals surface area contributed by atoms with Gasteiger partial charge in [0.1, 0.15) is 11.5 Å². The van der Waals surface area contributed by atoms with Crippen molar-refractivity contribution in [3.63, 3.8) is 0 Å². The van der Waals surface area contributed by atoms with E-state index in [4.69, 9.17) is 29.1 Å². The number of hydrogen-bond donors (Lipinski definition) is 2. The normalized spacial score (nSPS) is 15.4. The minimum Gasteiger partial charge on any atom is -0.493 e. The fourth-order valence-electron chi connectivity index (χ4n) is 4.56. The molecule has 2 N–H and O–H groups in total. The Kier molecular flexibility index (Phi) is 10.4. The smallest absolute Gasteiger partial charge is 0.261 e. The Morgan fingerprint density at radius 3 is 2.59 bits per heavy atom. The number of rotatable bonds is 14. The van der Waals surface area contributed by atoms with Gasteiger partial charge in [0.2, 0.25) is 0 Å². The first-order valence-corrected chi connectivity index (χ1v) is 14.4. The van der Waals surface area contributed by atoms with E-state index in [-0.39, 0.29) is 23.1 Å². The van der Waals surface area contributed by atoms with Crippen LogP contribution in [0.3, 0.4) is 0 Å². The molecule has 1 saturated heterocycles. The van der Waals surface area contributed by atoms with E-state index in [0.29, 0.717) is 29.4 Å². The fraction of sp³-hybridized carbons (Fsp3) is 0.344. The number of pyridine rings is 1. The molecule has 1 saturated carbocycles. The number of anilines is 1. The molecule has 2 heterocycles. The van der Waals surface area contributed by atoms with Crippen LogP contribution in [-0.4, -0.2) is 74.7 Å². The molecule has 232 valence electrons. The van der Waals surface area contributed by atoms with Crippen molar-refractivity contribution in [3.05, 3.63) is 77.6 Å². The standard InChI is InChI=1S/C32H34F2N4O6/c1-40-30-17-21(3-6-29(30)42-14-2-11-38-12-15-41-16-13-38)27(7-9-35)44-31-25(33)18-22(19-26(31)34)37-32(39)24-20-36-10-8-28(24)43-23-4-5-23/h3,6-10,17-20,23,35H,2,4-5,11-16H2,1H3,(H,37,39)/b27-7+,35-9?. The SMILES string of the molecule is COc1cc(/C(=C\C=N)Oc2c(F)cc(NC(=O)c3cnccc3OC3CC3)cc2F)ccc1OCCCN1CCOCC1. The lowest BCUT2D eigenvalue weighted by Gasteiger charge is -2.26. The average molecular weight is 609 g/mol. The van der Waals surface area contributed by atoms with Gasteiger partial charge in [-0.2, -0.15) is 0 Å². The molecule has 44 heavy (non-hydrogen) atoms. The lowest BCUT2D eigenvalue weighted by Crippen LogP contribution is -2.37. The molecule has 0 spiro atoms. The van der Waals surface area contributed by atoms with E-state index in [1.54, 1.807) is 24.3 Å². The van der Waals surface area contributed by atoms with Gasteiger partial charge in [-0.3, -0.25) is 14.7 Å². The molecule has 1 aliphatic carbocycles. The highest BCUT2D eigenvalue weighted by Crippen LogP contribution is 2.35. The Balaban J connectivity index is 1.25. The largest absolute Gasteiger partial charge is 0.493 e. The number of ether oxygens (including phenoxy) is 5. The zero-order valence-electron chi connectivity index (χ0n) is 24.3. The molecule has 2 aliphatic rings. The van der Waals surface area contributed by atoms with Gasteiger partial charge < -0.3 is 34.4 Å². The lowest BCUT2D eigenvalue weighted by molar-refractivity contribution is 0.0357. The lowest BCUT2D eigenvalue weighted by atomic mass is 10.1. The summed E-state index contributed by atoms with van der Waals surface area (Å²) in [5.41, 5.74) is 0.435. The van der Waals surface area contributed by atoms with Gasteiger partial charge in [0.05, 0.1) is 38.6 Å². The number of carbonyl (C=O) groups excluding carboxylic acids is 1. The molecule has 5 rings (SSSR count). The molecule has 1 aromatic heterocycles. The maximum absolute atomic E-state index is 15.2. The van der Waals surface area contributed by atoms with E-state index in [1.807, 2.05) is 0 Å². The summed E-state index contributed by atoms with van der Waals surface area (Å²) in [4.78, 5) is 19.1. The van der Waals surface area contributed by atoms with E-state index in [9.17, 15) is 4.79 Å². The molecule has 1 amide bonds. The fourth-order valence-corrected chi connectivity index (χ4v) is 4.56. The number of amides is 1. The summed E-state index contributed by atoms with van der Waals surface area (Å²) in [6, 6.07) is 8.40.